The standard InChI is InChI=1S/C54H36N2/c1-3-13-37(14-4-1)39-25-29-41(30-26-39)43-17-11-19-45(35-43)55-51-24-10-8-22-49(51)53-52(55)34-33-48-47-21-7-9-23-50(47)56(54(48)53)46-20-12-18-44(36-46)42-31-27-40(28-32-42)38-15-5-2-6-16-38/h1-36H. The Bertz CT molecular complexity index is 3200. The minimum absolute atomic E-state index is 1.14. The molecular weight excluding hydrogens is 677 g/mol. The molecule has 2 heteroatoms. The smallest absolute Gasteiger partial charge is 0.0641 e. The van der Waals surface area contributed by atoms with Gasteiger partial charge in [-0.2, -0.15) is 0 Å². The average molecular weight is 713 g/mol. The van der Waals surface area contributed by atoms with Gasteiger partial charge in [0.1, 0.15) is 0 Å². The highest BCUT2D eigenvalue weighted by Crippen LogP contribution is 2.42. The molecule has 0 aliphatic heterocycles. The van der Waals surface area contributed by atoms with Crippen LogP contribution in [-0.2, 0) is 0 Å². The fourth-order valence-corrected chi connectivity index (χ4v) is 8.68. The van der Waals surface area contributed by atoms with Crippen molar-refractivity contribution in [2.75, 3.05) is 0 Å². The summed E-state index contributed by atoms with van der Waals surface area (Å²) in [4.78, 5) is 0. The lowest BCUT2D eigenvalue weighted by molar-refractivity contribution is 1.17. The molecule has 0 aliphatic carbocycles. The topological polar surface area (TPSA) is 9.86 Å². The largest absolute Gasteiger partial charge is 0.309 e. The minimum Gasteiger partial charge on any atom is -0.309 e. The second-order valence-corrected chi connectivity index (χ2v) is 14.5. The minimum atomic E-state index is 1.14. The van der Waals surface area contributed by atoms with E-state index in [1.54, 1.807) is 0 Å². The van der Waals surface area contributed by atoms with Gasteiger partial charge in [0.05, 0.1) is 22.1 Å². The number of para-hydroxylation sites is 2. The highest BCUT2D eigenvalue weighted by molar-refractivity contribution is 6.26. The number of rotatable bonds is 6. The molecule has 2 heterocycles. The van der Waals surface area contributed by atoms with Gasteiger partial charge in [-0.05, 0) is 87.0 Å². The van der Waals surface area contributed by atoms with Crippen molar-refractivity contribution in [2.24, 2.45) is 0 Å². The van der Waals surface area contributed by atoms with E-state index < -0.39 is 0 Å². The van der Waals surface area contributed by atoms with Crippen LogP contribution in [-0.4, -0.2) is 9.13 Å². The summed E-state index contributed by atoms with van der Waals surface area (Å²) >= 11 is 0. The van der Waals surface area contributed by atoms with Gasteiger partial charge in [0.25, 0.3) is 0 Å². The molecule has 0 amide bonds. The summed E-state index contributed by atoms with van der Waals surface area (Å²) < 4.78 is 4.93. The fourth-order valence-electron chi connectivity index (χ4n) is 8.68. The monoisotopic (exact) mass is 712 g/mol. The van der Waals surface area contributed by atoms with Crippen LogP contribution in [0.15, 0.2) is 218 Å². The first-order valence-electron chi connectivity index (χ1n) is 19.3. The van der Waals surface area contributed by atoms with Gasteiger partial charge in [-0.15, -0.1) is 0 Å². The molecule has 2 aromatic heterocycles. The highest BCUT2D eigenvalue weighted by Gasteiger charge is 2.21. The van der Waals surface area contributed by atoms with Crippen LogP contribution in [0.25, 0.3) is 99.5 Å². The second kappa shape index (κ2) is 13.2. The summed E-state index contributed by atoms with van der Waals surface area (Å²) in [6.45, 7) is 0. The third-order valence-electron chi connectivity index (χ3n) is 11.3. The van der Waals surface area contributed by atoms with Crippen molar-refractivity contribution in [3.63, 3.8) is 0 Å². The van der Waals surface area contributed by atoms with E-state index in [0.717, 1.165) is 11.4 Å². The molecule has 56 heavy (non-hydrogen) atoms. The van der Waals surface area contributed by atoms with Crippen molar-refractivity contribution in [1.82, 2.24) is 9.13 Å². The van der Waals surface area contributed by atoms with Crippen molar-refractivity contribution >= 4 is 43.6 Å². The Morgan fingerprint density at radius 3 is 1.20 bits per heavy atom. The summed E-state index contributed by atoms with van der Waals surface area (Å²) in [5, 5.41) is 4.99. The van der Waals surface area contributed by atoms with E-state index in [2.05, 4.69) is 228 Å². The molecule has 11 rings (SSSR count). The van der Waals surface area contributed by atoms with Crippen molar-refractivity contribution in [3.8, 4) is 55.9 Å². The molecule has 0 atom stereocenters. The molecule has 0 spiro atoms. The lowest BCUT2D eigenvalue weighted by Gasteiger charge is -2.12. The molecule has 0 N–H and O–H groups in total. The Morgan fingerprint density at radius 1 is 0.232 bits per heavy atom. The zero-order valence-electron chi connectivity index (χ0n) is 30.7. The predicted molar refractivity (Wildman–Crippen MR) is 237 cm³/mol. The Labute approximate surface area is 325 Å². The number of hydrogen-bond acceptors (Lipinski definition) is 0. The molecule has 0 radical (unpaired) electrons. The molecule has 9 aromatic carbocycles. The van der Waals surface area contributed by atoms with E-state index >= 15 is 0 Å². The third kappa shape index (κ3) is 5.26. The van der Waals surface area contributed by atoms with Crippen LogP contribution in [0.4, 0.5) is 0 Å². The average Bonchev–Trinajstić information content (AvgIpc) is 3.80. The third-order valence-corrected chi connectivity index (χ3v) is 11.3. The van der Waals surface area contributed by atoms with Crippen molar-refractivity contribution in [1.29, 1.82) is 0 Å². The van der Waals surface area contributed by atoms with Gasteiger partial charge in [-0.1, -0.05) is 176 Å². The lowest BCUT2D eigenvalue weighted by atomic mass is 10.00. The summed E-state index contributed by atoms with van der Waals surface area (Å²) in [7, 11) is 0. The van der Waals surface area contributed by atoms with E-state index in [-0.39, 0.29) is 0 Å². The van der Waals surface area contributed by atoms with E-state index in [1.807, 2.05) is 0 Å². The van der Waals surface area contributed by atoms with Crippen molar-refractivity contribution in [2.45, 2.75) is 0 Å². The van der Waals surface area contributed by atoms with E-state index in [9.17, 15) is 0 Å². The number of nitrogens with zero attached hydrogens (tertiary/aromatic N) is 2. The van der Waals surface area contributed by atoms with E-state index in [4.69, 9.17) is 0 Å². The molecule has 0 bridgehead atoms. The number of hydrogen-bond donors (Lipinski definition) is 0. The van der Waals surface area contributed by atoms with Crippen LogP contribution in [0.1, 0.15) is 0 Å². The molecule has 0 saturated heterocycles. The Balaban J connectivity index is 1.08. The first kappa shape index (κ1) is 32.0. The van der Waals surface area contributed by atoms with Gasteiger partial charge in [-0.25, -0.2) is 0 Å². The zero-order valence-corrected chi connectivity index (χ0v) is 30.7. The number of fused-ring (bicyclic) bond motifs is 7. The quantitative estimate of drug-likeness (QED) is 0.162. The SMILES string of the molecule is c1ccc(-c2ccc(-c3cccc(-n4c5ccccc5c5c4ccc4c6ccccc6n(-c6cccc(-c7ccc(-c8ccccc8)cc7)c6)c45)c3)cc2)cc1. The van der Waals surface area contributed by atoms with E-state index in [0.29, 0.717) is 0 Å². The van der Waals surface area contributed by atoms with Crippen LogP contribution < -0.4 is 0 Å². The van der Waals surface area contributed by atoms with Crippen LogP contribution in [0, 0.1) is 0 Å². The van der Waals surface area contributed by atoms with Crippen molar-refractivity contribution in [3.05, 3.63) is 218 Å². The van der Waals surface area contributed by atoms with Gasteiger partial charge in [-0.3, -0.25) is 0 Å². The fraction of sp³-hybridized carbons (Fsp3) is 0. The summed E-state index contributed by atoms with van der Waals surface area (Å²) in [5.74, 6) is 0. The Morgan fingerprint density at radius 2 is 0.643 bits per heavy atom. The maximum Gasteiger partial charge on any atom is 0.0641 e. The summed E-state index contributed by atoms with van der Waals surface area (Å²) in [6, 6.07) is 79.3. The van der Waals surface area contributed by atoms with Gasteiger partial charge < -0.3 is 9.13 Å². The molecule has 0 fully saturated rings. The molecule has 0 aliphatic rings. The Hall–Kier alpha value is -7.42. The van der Waals surface area contributed by atoms with Crippen LogP contribution in [0.3, 0.4) is 0 Å². The van der Waals surface area contributed by atoms with Gasteiger partial charge >= 0.3 is 0 Å². The molecule has 0 unspecified atom stereocenters. The van der Waals surface area contributed by atoms with Gasteiger partial charge in [0.2, 0.25) is 0 Å². The van der Waals surface area contributed by atoms with Crippen molar-refractivity contribution < 1.29 is 0 Å². The van der Waals surface area contributed by atoms with Gasteiger partial charge in [0, 0.05) is 32.9 Å². The summed E-state index contributed by atoms with van der Waals surface area (Å²) in [5.41, 5.74) is 16.8. The zero-order chi connectivity index (χ0) is 37.0. The normalized spacial score (nSPS) is 11.6. The molecule has 2 nitrogen and oxygen atoms in total. The maximum atomic E-state index is 2.48. The van der Waals surface area contributed by atoms with Crippen LogP contribution in [0.5, 0.6) is 0 Å². The van der Waals surface area contributed by atoms with Crippen LogP contribution in [0.2, 0.25) is 0 Å². The number of benzene rings is 9. The molecular formula is C54H36N2. The number of aromatic nitrogens is 2. The van der Waals surface area contributed by atoms with E-state index in [1.165, 1.54) is 88.1 Å². The predicted octanol–water partition coefficient (Wildman–Crippen LogP) is 14.5. The first-order valence-corrected chi connectivity index (χ1v) is 19.3. The molecule has 11 aromatic rings. The lowest BCUT2D eigenvalue weighted by Crippen LogP contribution is -1.96. The molecule has 262 valence electrons. The molecule has 0 saturated carbocycles. The summed E-state index contributed by atoms with van der Waals surface area (Å²) in [6.07, 6.45) is 0. The Kier molecular flexibility index (Phi) is 7.53. The second-order valence-electron chi connectivity index (χ2n) is 14.5. The maximum absolute atomic E-state index is 2.48. The van der Waals surface area contributed by atoms with Crippen LogP contribution >= 0.6 is 0 Å². The van der Waals surface area contributed by atoms with Gasteiger partial charge in [0.15, 0.2) is 0 Å². The highest BCUT2D eigenvalue weighted by atomic mass is 15.0. The first-order chi connectivity index (χ1) is 27.8.